The summed E-state index contributed by atoms with van der Waals surface area (Å²) >= 11 is 0. The Morgan fingerprint density at radius 1 is 1.30 bits per heavy atom. The smallest absolute Gasteiger partial charge is 0.183 e. The molecule has 0 aliphatic heterocycles. The first-order valence-corrected chi connectivity index (χ1v) is 8.17. The highest BCUT2D eigenvalue weighted by molar-refractivity contribution is 6.01. The predicted octanol–water partition coefficient (Wildman–Crippen LogP) is 3.28. The summed E-state index contributed by atoms with van der Waals surface area (Å²) in [7, 11) is 2.00. The Morgan fingerprint density at radius 3 is 2.87 bits per heavy atom. The Kier molecular flexibility index (Phi) is 3.15. The second kappa shape index (κ2) is 5.08. The molecule has 118 valence electrons. The van der Waals surface area contributed by atoms with Gasteiger partial charge in [0.25, 0.3) is 0 Å². The minimum atomic E-state index is 0.0503. The van der Waals surface area contributed by atoms with Crippen molar-refractivity contribution in [2.45, 2.75) is 33.1 Å². The van der Waals surface area contributed by atoms with Crippen molar-refractivity contribution in [1.82, 2.24) is 14.0 Å². The maximum Gasteiger partial charge on any atom is 0.183 e. The standard InChI is InChI=1S/C19H21N3O/c1-12-15-8-7-14(10-17-13(2)20-11-21(17)3)19(23)18(15)22-9-5-4-6-16(12)22/h4-6,9,11,14H,7-8,10H2,1-3H3. The van der Waals surface area contributed by atoms with Crippen molar-refractivity contribution in [2.75, 3.05) is 0 Å². The van der Waals surface area contributed by atoms with Gasteiger partial charge in [-0.2, -0.15) is 0 Å². The van der Waals surface area contributed by atoms with Crippen LogP contribution in [-0.2, 0) is 19.9 Å². The number of imidazole rings is 1. The summed E-state index contributed by atoms with van der Waals surface area (Å²) in [4.78, 5) is 17.5. The molecule has 0 saturated carbocycles. The van der Waals surface area contributed by atoms with Crippen LogP contribution in [0.1, 0.15) is 39.4 Å². The topological polar surface area (TPSA) is 39.3 Å². The molecule has 0 fully saturated rings. The van der Waals surface area contributed by atoms with E-state index in [0.29, 0.717) is 0 Å². The molecular formula is C19H21N3O. The predicted molar refractivity (Wildman–Crippen MR) is 89.9 cm³/mol. The lowest BCUT2D eigenvalue weighted by molar-refractivity contribution is 0.0893. The molecule has 0 spiro atoms. The number of aromatic nitrogens is 3. The van der Waals surface area contributed by atoms with Gasteiger partial charge in [-0.05, 0) is 56.4 Å². The molecule has 1 unspecified atom stereocenters. The molecular weight excluding hydrogens is 286 g/mol. The molecule has 23 heavy (non-hydrogen) atoms. The SMILES string of the molecule is Cc1ncn(C)c1CC1CCc2c(C)c3ccccn3c2C1=O. The number of carbonyl (C=O) groups is 1. The van der Waals surface area contributed by atoms with Gasteiger partial charge in [0.2, 0.25) is 0 Å². The zero-order valence-electron chi connectivity index (χ0n) is 13.8. The van der Waals surface area contributed by atoms with Crippen LogP contribution >= 0.6 is 0 Å². The molecule has 1 aliphatic rings. The quantitative estimate of drug-likeness (QED) is 0.729. The highest BCUT2D eigenvalue weighted by atomic mass is 16.1. The molecule has 0 radical (unpaired) electrons. The van der Waals surface area contributed by atoms with Crippen LogP contribution in [0.2, 0.25) is 0 Å². The number of fused-ring (bicyclic) bond motifs is 3. The molecule has 3 aromatic rings. The molecule has 1 aliphatic carbocycles. The van der Waals surface area contributed by atoms with E-state index >= 15 is 0 Å². The Morgan fingerprint density at radius 2 is 2.13 bits per heavy atom. The van der Waals surface area contributed by atoms with Crippen LogP contribution in [0.15, 0.2) is 30.7 Å². The number of aryl methyl sites for hydroxylation is 3. The number of hydrogen-bond acceptors (Lipinski definition) is 2. The van der Waals surface area contributed by atoms with E-state index < -0.39 is 0 Å². The summed E-state index contributed by atoms with van der Waals surface area (Å²) in [5, 5.41) is 0. The third kappa shape index (κ3) is 2.05. The summed E-state index contributed by atoms with van der Waals surface area (Å²) in [5.74, 6) is 0.329. The van der Waals surface area contributed by atoms with Crippen molar-refractivity contribution < 1.29 is 4.79 Å². The number of hydrogen-bond donors (Lipinski definition) is 0. The van der Waals surface area contributed by atoms with E-state index in [1.54, 1.807) is 0 Å². The van der Waals surface area contributed by atoms with Crippen molar-refractivity contribution >= 4 is 11.3 Å². The summed E-state index contributed by atoms with van der Waals surface area (Å²) in [6.07, 6.45) is 6.53. The molecule has 3 heterocycles. The molecule has 0 bridgehead atoms. The third-order valence-corrected chi connectivity index (χ3v) is 5.28. The molecule has 4 heteroatoms. The minimum absolute atomic E-state index is 0.0503. The average molecular weight is 307 g/mol. The van der Waals surface area contributed by atoms with E-state index in [1.807, 2.05) is 43.2 Å². The van der Waals surface area contributed by atoms with Crippen LogP contribution in [0.4, 0.5) is 0 Å². The summed E-state index contributed by atoms with van der Waals surface area (Å²) in [5.41, 5.74) is 6.74. The van der Waals surface area contributed by atoms with Crippen LogP contribution in [0, 0.1) is 19.8 Å². The van der Waals surface area contributed by atoms with Gasteiger partial charge in [0, 0.05) is 30.4 Å². The van der Waals surface area contributed by atoms with Crippen LogP contribution in [0.3, 0.4) is 0 Å². The van der Waals surface area contributed by atoms with Gasteiger partial charge in [0.05, 0.1) is 17.7 Å². The molecule has 1 atom stereocenters. The van der Waals surface area contributed by atoms with E-state index in [1.165, 1.54) is 16.8 Å². The van der Waals surface area contributed by atoms with E-state index in [-0.39, 0.29) is 11.7 Å². The van der Waals surface area contributed by atoms with Gasteiger partial charge >= 0.3 is 0 Å². The lowest BCUT2D eigenvalue weighted by Gasteiger charge is -2.22. The first kappa shape index (κ1) is 14.2. The average Bonchev–Trinajstić information content (AvgIpc) is 3.02. The highest BCUT2D eigenvalue weighted by Gasteiger charge is 2.32. The van der Waals surface area contributed by atoms with Crippen molar-refractivity contribution in [3.8, 4) is 0 Å². The van der Waals surface area contributed by atoms with Crippen LogP contribution in [-0.4, -0.2) is 19.7 Å². The molecule has 0 amide bonds. The van der Waals surface area contributed by atoms with Gasteiger partial charge in [-0.15, -0.1) is 0 Å². The molecule has 0 N–H and O–H groups in total. The number of pyridine rings is 1. The van der Waals surface area contributed by atoms with Crippen LogP contribution < -0.4 is 0 Å². The van der Waals surface area contributed by atoms with E-state index in [0.717, 1.165) is 36.2 Å². The summed E-state index contributed by atoms with van der Waals surface area (Å²) in [6.45, 7) is 4.15. The maximum atomic E-state index is 13.1. The molecule has 4 nitrogen and oxygen atoms in total. The largest absolute Gasteiger partial charge is 0.337 e. The van der Waals surface area contributed by atoms with E-state index in [9.17, 15) is 4.79 Å². The second-order valence-corrected chi connectivity index (χ2v) is 6.60. The summed E-state index contributed by atoms with van der Waals surface area (Å²) < 4.78 is 4.12. The van der Waals surface area contributed by atoms with Gasteiger partial charge < -0.3 is 8.97 Å². The van der Waals surface area contributed by atoms with Crippen molar-refractivity contribution in [3.63, 3.8) is 0 Å². The van der Waals surface area contributed by atoms with Crippen LogP contribution in [0.25, 0.3) is 5.52 Å². The monoisotopic (exact) mass is 307 g/mol. The lowest BCUT2D eigenvalue weighted by Crippen LogP contribution is -2.26. The fourth-order valence-corrected chi connectivity index (χ4v) is 3.93. The first-order valence-electron chi connectivity index (χ1n) is 8.17. The molecule has 0 aromatic carbocycles. The minimum Gasteiger partial charge on any atom is -0.337 e. The molecule has 3 aromatic heterocycles. The van der Waals surface area contributed by atoms with Crippen molar-refractivity contribution in [3.05, 3.63) is 58.9 Å². The van der Waals surface area contributed by atoms with Gasteiger partial charge in [0.1, 0.15) is 0 Å². The first-order chi connectivity index (χ1) is 11.1. The second-order valence-electron chi connectivity index (χ2n) is 6.60. The number of ketones is 1. The Bertz CT molecular complexity index is 897. The fourth-order valence-electron chi connectivity index (χ4n) is 3.93. The molecule has 0 saturated heterocycles. The normalized spacial score (nSPS) is 17.7. The molecule has 4 rings (SSSR count). The van der Waals surface area contributed by atoms with Crippen molar-refractivity contribution in [1.29, 1.82) is 0 Å². The van der Waals surface area contributed by atoms with Gasteiger partial charge in [-0.1, -0.05) is 6.07 Å². The zero-order chi connectivity index (χ0) is 16.1. The fraction of sp³-hybridized carbons (Fsp3) is 0.368. The number of carbonyl (C=O) groups excluding carboxylic acids is 1. The maximum absolute atomic E-state index is 13.1. The van der Waals surface area contributed by atoms with E-state index in [4.69, 9.17) is 0 Å². The number of nitrogens with zero attached hydrogens (tertiary/aromatic N) is 3. The number of rotatable bonds is 2. The van der Waals surface area contributed by atoms with Gasteiger partial charge in [0.15, 0.2) is 5.78 Å². The Labute approximate surface area is 135 Å². The van der Waals surface area contributed by atoms with Crippen LogP contribution in [0.5, 0.6) is 0 Å². The summed E-state index contributed by atoms with van der Waals surface area (Å²) in [6, 6.07) is 6.13. The van der Waals surface area contributed by atoms with Gasteiger partial charge in [-0.25, -0.2) is 4.98 Å². The third-order valence-electron chi connectivity index (χ3n) is 5.28. The Hall–Kier alpha value is -2.36. The number of Topliss-reactive ketones (excluding diaryl/α,β-unsaturated/α-hetero) is 1. The Balaban J connectivity index is 1.76. The van der Waals surface area contributed by atoms with E-state index in [2.05, 4.69) is 22.4 Å². The van der Waals surface area contributed by atoms with Gasteiger partial charge in [-0.3, -0.25) is 4.79 Å². The lowest BCUT2D eigenvalue weighted by atomic mass is 9.82. The van der Waals surface area contributed by atoms with Crippen molar-refractivity contribution in [2.24, 2.45) is 13.0 Å². The highest BCUT2D eigenvalue weighted by Crippen LogP contribution is 2.33. The zero-order valence-corrected chi connectivity index (χ0v) is 13.8.